The summed E-state index contributed by atoms with van der Waals surface area (Å²) in [6, 6.07) is 51.4. The zero-order chi connectivity index (χ0) is 32.8. The van der Waals surface area contributed by atoms with Crippen LogP contribution >= 0.6 is 0 Å². The molecule has 0 aliphatic carbocycles. The summed E-state index contributed by atoms with van der Waals surface area (Å²) in [7, 11) is 0. The Hall–Kier alpha value is -6.77. The number of Topliss-reactive ketones (excluding diaryl/α,β-unsaturated/α-hetero) is 1. The Balaban J connectivity index is 1.28. The second-order valence-electron chi connectivity index (χ2n) is 11.2. The zero-order valence-corrected chi connectivity index (χ0v) is 26.3. The van der Waals surface area contributed by atoms with Crippen LogP contribution in [0.5, 0.6) is 0 Å². The Kier molecular flexibility index (Phi) is 10.4. The third-order valence-corrected chi connectivity index (χ3v) is 7.29. The van der Waals surface area contributed by atoms with E-state index in [4.69, 9.17) is 0 Å². The van der Waals surface area contributed by atoms with Crippen LogP contribution in [-0.2, 0) is 17.6 Å². The van der Waals surface area contributed by atoms with E-state index in [0.29, 0.717) is 0 Å². The lowest BCUT2D eigenvalue weighted by Gasteiger charge is -2.06. The molecule has 224 valence electrons. The fraction of sp³-hybridized carbons (Fsp3) is 0.0426. The van der Waals surface area contributed by atoms with E-state index in [0.717, 1.165) is 55.6 Å². The molecule has 0 aliphatic rings. The quantitative estimate of drug-likeness (QED) is 0.183. The molecule has 0 saturated carbocycles. The first-order valence-corrected chi connectivity index (χ1v) is 15.7. The van der Waals surface area contributed by atoms with Crippen molar-refractivity contribution < 1.29 is 4.79 Å². The Bertz CT molecular complexity index is 1970. The predicted molar refractivity (Wildman–Crippen MR) is 195 cm³/mol. The molecule has 0 aromatic heterocycles. The minimum atomic E-state index is 0.0836. The molecular formula is C47H30O. The summed E-state index contributed by atoms with van der Waals surface area (Å²) in [6.45, 7) is 0. The maximum Gasteiger partial charge on any atom is 0.141 e. The normalized spacial score (nSPS) is 9.67. The lowest BCUT2D eigenvalue weighted by Crippen LogP contribution is -2.07. The average Bonchev–Trinajstić information content (AvgIpc) is 3.13. The fourth-order valence-electron chi connectivity index (χ4n) is 5.06. The van der Waals surface area contributed by atoms with Gasteiger partial charge in [0.1, 0.15) is 5.78 Å². The second kappa shape index (κ2) is 16.0. The maximum absolute atomic E-state index is 13.6. The molecule has 6 rings (SSSR count). The van der Waals surface area contributed by atoms with Gasteiger partial charge in [0, 0.05) is 57.3 Å². The summed E-state index contributed by atoms with van der Waals surface area (Å²) >= 11 is 0. The van der Waals surface area contributed by atoms with E-state index in [-0.39, 0.29) is 18.6 Å². The molecule has 0 spiro atoms. The molecule has 1 heteroatoms. The van der Waals surface area contributed by atoms with Crippen LogP contribution in [-0.4, -0.2) is 5.78 Å². The molecule has 48 heavy (non-hydrogen) atoms. The van der Waals surface area contributed by atoms with Crippen molar-refractivity contribution in [2.45, 2.75) is 12.8 Å². The van der Waals surface area contributed by atoms with Crippen molar-refractivity contribution in [1.29, 1.82) is 0 Å². The molecule has 0 radical (unpaired) electrons. The summed E-state index contributed by atoms with van der Waals surface area (Å²) in [5.41, 5.74) is 8.74. The van der Waals surface area contributed by atoms with Crippen LogP contribution in [0.25, 0.3) is 0 Å². The van der Waals surface area contributed by atoms with E-state index in [9.17, 15) is 4.79 Å². The van der Waals surface area contributed by atoms with Crippen molar-refractivity contribution in [2.24, 2.45) is 0 Å². The Labute approximate surface area is 283 Å². The summed E-state index contributed by atoms with van der Waals surface area (Å²) in [6.07, 6.45) is 0.512. The van der Waals surface area contributed by atoms with Gasteiger partial charge < -0.3 is 0 Å². The molecule has 0 heterocycles. The van der Waals surface area contributed by atoms with Crippen LogP contribution in [0.4, 0.5) is 0 Å². The highest BCUT2D eigenvalue weighted by atomic mass is 16.1. The summed E-state index contributed by atoms with van der Waals surface area (Å²) < 4.78 is 0. The highest BCUT2D eigenvalue weighted by Gasteiger charge is 2.09. The molecule has 0 saturated heterocycles. The van der Waals surface area contributed by atoms with Gasteiger partial charge in [-0.15, -0.1) is 0 Å². The molecule has 0 unspecified atom stereocenters. The van der Waals surface area contributed by atoms with Crippen LogP contribution in [0.15, 0.2) is 158 Å². The van der Waals surface area contributed by atoms with E-state index in [1.165, 1.54) is 0 Å². The van der Waals surface area contributed by atoms with Crippen LogP contribution in [0, 0.1) is 47.4 Å². The van der Waals surface area contributed by atoms with E-state index < -0.39 is 0 Å². The summed E-state index contributed by atoms with van der Waals surface area (Å²) in [5, 5.41) is 0. The SMILES string of the molecule is O=C(Cc1cc(C#Cc2ccccc2)cc(C#Cc2ccccc2)c1)Cc1cc(C#Cc2ccccc2)cc(C#Cc2ccccc2)c1. The zero-order valence-electron chi connectivity index (χ0n) is 26.3. The Morgan fingerprint density at radius 1 is 0.312 bits per heavy atom. The standard InChI is InChI=1S/C47H30O/c48-47(35-45-31-41(25-21-37-13-5-1-6-14-37)29-42(32-45)26-22-38-15-7-2-8-16-38)36-46-33-43(27-23-39-17-9-3-10-18-39)30-44(34-46)28-24-40-19-11-4-12-20-40/h1-20,29-34H,35-36H2. The first-order chi connectivity index (χ1) is 23.6. The Morgan fingerprint density at radius 2 is 0.542 bits per heavy atom. The van der Waals surface area contributed by atoms with E-state index in [2.05, 4.69) is 47.4 Å². The van der Waals surface area contributed by atoms with Gasteiger partial charge in [-0.05, 0) is 96.1 Å². The van der Waals surface area contributed by atoms with Gasteiger partial charge in [-0.3, -0.25) is 4.79 Å². The summed E-state index contributed by atoms with van der Waals surface area (Å²) in [4.78, 5) is 13.6. The van der Waals surface area contributed by atoms with Gasteiger partial charge in [-0.2, -0.15) is 0 Å². The number of benzene rings is 6. The number of hydrogen-bond acceptors (Lipinski definition) is 1. The van der Waals surface area contributed by atoms with Crippen molar-refractivity contribution in [3.05, 3.63) is 213 Å². The van der Waals surface area contributed by atoms with Crippen molar-refractivity contribution in [1.82, 2.24) is 0 Å². The average molecular weight is 611 g/mol. The van der Waals surface area contributed by atoms with Crippen LogP contribution in [0.2, 0.25) is 0 Å². The molecule has 6 aromatic carbocycles. The molecule has 0 N–H and O–H groups in total. The van der Waals surface area contributed by atoms with Gasteiger partial charge in [0.25, 0.3) is 0 Å². The van der Waals surface area contributed by atoms with Gasteiger partial charge in [0.15, 0.2) is 0 Å². The molecule has 6 aromatic rings. The lowest BCUT2D eigenvalue weighted by molar-refractivity contribution is -0.117. The monoisotopic (exact) mass is 610 g/mol. The molecule has 1 nitrogen and oxygen atoms in total. The van der Waals surface area contributed by atoms with E-state index in [1.54, 1.807) is 0 Å². The highest BCUT2D eigenvalue weighted by Crippen LogP contribution is 2.15. The van der Waals surface area contributed by atoms with Crippen molar-refractivity contribution >= 4 is 5.78 Å². The van der Waals surface area contributed by atoms with Crippen LogP contribution in [0.3, 0.4) is 0 Å². The highest BCUT2D eigenvalue weighted by molar-refractivity contribution is 5.83. The minimum Gasteiger partial charge on any atom is -0.299 e. The van der Waals surface area contributed by atoms with E-state index >= 15 is 0 Å². The first kappa shape index (κ1) is 31.2. The molecule has 0 amide bonds. The molecule has 0 fully saturated rings. The third kappa shape index (κ3) is 9.61. The fourth-order valence-corrected chi connectivity index (χ4v) is 5.06. The number of hydrogen-bond donors (Lipinski definition) is 0. The topological polar surface area (TPSA) is 17.1 Å². The van der Waals surface area contributed by atoms with Gasteiger partial charge in [-0.25, -0.2) is 0 Å². The largest absolute Gasteiger partial charge is 0.299 e. The number of carbonyl (C=O) groups excluding carboxylic acids is 1. The van der Waals surface area contributed by atoms with Crippen LogP contribution in [0.1, 0.15) is 55.6 Å². The van der Waals surface area contributed by atoms with Gasteiger partial charge in [-0.1, -0.05) is 120 Å². The van der Waals surface area contributed by atoms with Gasteiger partial charge >= 0.3 is 0 Å². The van der Waals surface area contributed by atoms with Crippen molar-refractivity contribution in [3.63, 3.8) is 0 Å². The Morgan fingerprint density at radius 3 is 0.792 bits per heavy atom. The van der Waals surface area contributed by atoms with Gasteiger partial charge in [0.2, 0.25) is 0 Å². The number of carbonyl (C=O) groups is 1. The molecular weight excluding hydrogens is 581 g/mol. The van der Waals surface area contributed by atoms with E-state index in [1.807, 2.05) is 158 Å². The first-order valence-electron chi connectivity index (χ1n) is 15.7. The maximum atomic E-state index is 13.6. The number of rotatable bonds is 4. The van der Waals surface area contributed by atoms with Crippen LogP contribution < -0.4 is 0 Å². The molecule has 0 atom stereocenters. The van der Waals surface area contributed by atoms with Gasteiger partial charge in [0.05, 0.1) is 0 Å². The number of ketones is 1. The molecule has 0 bridgehead atoms. The minimum absolute atomic E-state index is 0.0836. The second-order valence-corrected chi connectivity index (χ2v) is 11.2. The smallest absolute Gasteiger partial charge is 0.141 e. The van der Waals surface area contributed by atoms with Crippen molar-refractivity contribution in [2.75, 3.05) is 0 Å². The third-order valence-electron chi connectivity index (χ3n) is 7.29. The van der Waals surface area contributed by atoms with Crippen molar-refractivity contribution in [3.8, 4) is 47.4 Å². The predicted octanol–water partition coefficient (Wildman–Crippen LogP) is 8.64. The molecule has 0 aliphatic heterocycles. The summed E-state index contributed by atoms with van der Waals surface area (Å²) in [5.74, 6) is 26.1. The lowest BCUT2D eigenvalue weighted by atomic mass is 9.97.